The molecule has 0 aliphatic carbocycles. The normalized spacial score (nSPS) is 11.6. The molecule has 0 aliphatic rings. The van der Waals surface area contributed by atoms with Crippen molar-refractivity contribution in [3.8, 4) is 0 Å². The van der Waals surface area contributed by atoms with Gasteiger partial charge in [0.15, 0.2) is 9.84 Å². The van der Waals surface area contributed by atoms with E-state index in [1.807, 2.05) is 0 Å². The number of benzene rings is 1. The topological polar surface area (TPSA) is 104 Å². The predicted octanol–water partition coefficient (Wildman–Crippen LogP) is 0.630. The number of fused-ring (bicyclic) bond motifs is 1. The molecule has 0 atom stereocenters. The number of aromatic nitrogens is 1. The van der Waals surface area contributed by atoms with Crippen molar-refractivity contribution in [3.05, 3.63) is 40.2 Å². The van der Waals surface area contributed by atoms with Gasteiger partial charge in [0.2, 0.25) is 5.43 Å². The zero-order valence-electron chi connectivity index (χ0n) is 9.30. The number of hydrogen-bond donors (Lipinski definition) is 2. The lowest BCUT2D eigenvalue weighted by Crippen LogP contribution is -2.16. The highest BCUT2D eigenvalue weighted by atomic mass is 32.2. The van der Waals surface area contributed by atoms with Crippen LogP contribution in [0, 0.1) is 0 Å². The van der Waals surface area contributed by atoms with Crippen molar-refractivity contribution >= 4 is 26.7 Å². The summed E-state index contributed by atoms with van der Waals surface area (Å²) >= 11 is 0. The Kier molecular flexibility index (Phi) is 2.70. The van der Waals surface area contributed by atoms with E-state index in [-0.39, 0.29) is 15.8 Å². The molecule has 0 radical (unpaired) electrons. The summed E-state index contributed by atoms with van der Waals surface area (Å²) in [6.45, 7) is 0. The van der Waals surface area contributed by atoms with Crippen molar-refractivity contribution < 1.29 is 18.3 Å². The van der Waals surface area contributed by atoms with Crippen LogP contribution in [0.1, 0.15) is 10.4 Å². The molecule has 2 N–H and O–H groups in total. The van der Waals surface area contributed by atoms with Gasteiger partial charge in [-0.1, -0.05) is 6.07 Å². The number of aromatic amines is 1. The molecule has 0 fully saturated rings. The number of aromatic carboxylic acids is 1. The van der Waals surface area contributed by atoms with Gasteiger partial charge in [-0.25, -0.2) is 13.2 Å². The number of pyridine rings is 1. The highest BCUT2D eigenvalue weighted by Gasteiger charge is 2.16. The Balaban J connectivity index is 2.97. The van der Waals surface area contributed by atoms with Crippen LogP contribution in [0.15, 0.2) is 34.1 Å². The molecule has 0 amide bonds. The Morgan fingerprint density at radius 2 is 2.00 bits per heavy atom. The fourth-order valence-corrected chi connectivity index (χ4v) is 2.56. The summed E-state index contributed by atoms with van der Waals surface area (Å²) in [6.07, 6.45) is 2.02. The van der Waals surface area contributed by atoms with Gasteiger partial charge in [0.1, 0.15) is 5.56 Å². The summed E-state index contributed by atoms with van der Waals surface area (Å²) in [5.74, 6) is -1.36. The van der Waals surface area contributed by atoms with E-state index < -0.39 is 26.8 Å². The molecule has 0 aliphatic heterocycles. The number of sulfone groups is 1. The highest BCUT2D eigenvalue weighted by Crippen LogP contribution is 2.18. The Morgan fingerprint density at radius 3 is 2.56 bits per heavy atom. The van der Waals surface area contributed by atoms with Crippen LogP contribution in [0.3, 0.4) is 0 Å². The van der Waals surface area contributed by atoms with Crippen molar-refractivity contribution in [3.63, 3.8) is 0 Å². The van der Waals surface area contributed by atoms with E-state index in [0.29, 0.717) is 0 Å². The van der Waals surface area contributed by atoms with Gasteiger partial charge in [0.25, 0.3) is 0 Å². The molecule has 2 aromatic rings. The highest BCUT2D eigenvalue weighted by molar-refractivity contribution is 7.91. The first kappa shape index (κ1) is 12.3. The Morgan fingerprint density at radius 1 is 1.33 bits per heavy atom. The first-order valence-corrected chi connectivity index (χ1v) is 6.79. The number of carboxylic acid groups (broad SMARTS) is 1. The molecule has 94 valence electrons. The molecule has 2 rings (SSSR count). The third kappa shape index (κ3) is 1.88. The van der Waals surface area contributed by atoms with Crippen molar-refractivity contribution in [2.24, 2.45) is 0 Å². The minimum atomic E-state index is -3.50. The second-order valence-electron chi connectivity index (χ2n) is 3.79. The van der Waals surface area contributed by atoms with Crippen LogP contribution in [0.25, 0.3) is 10.9 Å². The zero-order chi connectivity index (χ0) is 13.5. The number of rotatable bonds is 2. The van der Waals surface area contributed by atoms with Crippen molar-refractivity contribution in [1.82, 2.24) is 4.98 Å². The standard InChI is InChI=1S/C11H9NO5S/c1-18(16,17)8-4-2-3-6-9(8)12-5-7(10(6)13)11(14)15/h2-5H,1H3,(H,12,13)(H,14,15). The van der Waals surface area contributed by atoms with Crippen LogP contribution < -0.4 is 5.43 Å². The molecule has 1 heterocycles. The first-order chi connectivity index (χ1) is 8.32. The van der Waals surface area contributed by atoms with E-state index >= 15 is 0 Å². The van der Waals surface area contributed by atoms with Crippen LogP contribution in [0.2, 0.25) is 0 Å². The third-order valence-corrected chi connectivity index (χ3v) is 3.65. The van der Waals surface area contributed by atoms with Gasteiger partial charge in [-0.3, -0.25) is 4.79 Å². The number of para-hydroxylation sites is 1. The SMILES string of the molecule is CS(=O)(=O)c1cccc2c(=O)c(C(=O)O)c[nH]c12. The third-order valence-electron chi connectivity index (χ3n) is 2.51. The minimum Gasteiger partial charge on any atom is -0.477 e. The van der Waals surface area contributed by atoms with Gasteiger partial charge in [-0.05, 0) is 12.1 Å². The predicted molar refractivity (Wildman–Crippen MR) is 64.6 cm³/mol. The van der Waals surface area contributed by atoms with Crippen molar-refractivity contribution in [2.75, 3.05) is 6.26 Å². The van der Waals surface area contributed by atoms with E-state index in [1.165, 1.54) is 18.2 Å². The first-order valence-electron chi connectivity index (χ1n) is 4.90. The number of nitrogens with one attached hydrogen (secondary N) is 1. The molecule has 0 saturated heterocycles. The maximum absolute atomic E-state index is 11.9. The molecule has 7 heteroatoms. The quantitative estimate of drug-likeness (QED) is 0.830. The number of hydrogen-bond acceptors (Lipinski definition) is 4. The summed E-state index contributed by atoms with van der Waals surface area (Å²) in [7, 11) is -3.50. The maximum Gasteiger partial charge on any atom is 0.341 e. The molecule has 0 saturated carbocycles. The minimum absolute atomic E-state index is 0.0333. The maximum atomic E-state index is 11.9. The van der Waals surface area contributed by atoms with Gasteiger partial charge >= 0.3 is 5.97 Å². The molecule has 1 aromatic carbocycles. The lowest BCUT2D eigenvalue weighted by Gasteiger charge is -2.04. The Hall–Kier alpha value is -2.15. The van der Waals surface area contributed by atoms with Gasteiger partial charge in [0, 0.05) is 17.8 Å². The monoisotopic (exact) mass is 267 g/mol. The molecule has 1 aromatic heterocycles. The van der Waals surface area contributed by atoms with Crippen molar-refractivity contribution in [1.29, 1.82) is 0 Å². The smallest absolute Gasteiger partial charge is 0.341 e. The van der Waals surface area contributed by atoms with Gasteiger partial charge < -0.3 is 10.1 Å². The zero-order valence-corrected chi connectivity index (χ0v) is 10.1. The van der Waals surface area contributed by atoms with Crippen LogP contribution in [0.5, 0.6) is 0 Å². The summed E-state index contributed by atoms with van der Waals surface area (Å²) in [6, 6.07) is 4.14. The number of H-pyrrole nitrogens is 1. The summed E-state index contributed by atoms with van der Waals surface area (Å²) < 4.78 is 23.1. The van der Waals surface area contributed by atoms with E-state index in [4.69, 9.17) is 5.11 Å². The number of carboxylic acids is 1. The Bertz CT molecular complexity index is 804. The lowest BCUT2D eigenvalue weighted by molar-refractivity contribution is 0.0695. The summed E-state index contributed by atoms with van der Waals surface area (Å²) in [5, 5.41) is 8.86. The largest absolute Gasteiger partial charge is 0.477 e. The molecule has 18 heavy (non-hydrogen) atoms. The second-order valence-corrected chi connectivity index (χ2v) is 5.77. The fourth-order valence-electron chi connectivity index (χ4n) is 1.69. The van der Waals surface area contributed by atoms with Gasteiger partial charge in [0.05, 0.1) is 10.4 Å². The van der Waals surface area contributed by atoms with Crippen molar-refractivity contribution in [2.45, 2.75) is 4.90 Å². The Labute approximate surface area is 102 Å². The van der Waals surface area contributed by atoms with E-state index in [1.54, 1.807) is 0 Å². The average Bonchev–Trinajstić information content (AvgIpc) is 2.27. The van der Waals surface area contributed by atoms with Gasteiger partial charge in [-0.2, -0.15) is 0 Å². The average molecular weight is 267 g/mol. The summed E-state index contributed by atoms with van der Waals surface area (Å²) in [4.78, 5) is 25.2. The van der Waals surface area contributed by atoms with Crippen LogP contribution in [-0.2, 0) is 9.84 Å². The molecule has 0 spiro atoms. The van der Waals surface area contributed by atoms with E-state index in [2.05, 4.69) is 4.98 Å². The lowest BCUT2D eigenvalue weighted by atomic mass is 10.1. The van der Waals surface area contributed by atoms with E-state index in [9.17, 15) is 18.0 Å². The van der Waals surface area contributed by atoms with Crippen LogP contribution in [0.4, 0.5) is 0 Å². The second kappa shape index (κ2) is 3.95. The van der Waals surface area contributed by atoms with Crippen LogP contribution in [-0.4, -0.2) is 30.7 Å². The molecular formula is C11H9NO5S. The van der Waals surface area contributed by atoms with Crippen LogP contribution >= 0.6 is 0 Å². The fraction of sp³-hybridized carbons (Fsp3) is 0.0909. The summed E-state index contributed by atoms with van der Waals surface area (Å²) in [5.41, 5.74) is -1.01. The molecular weight excluding hydrogens is 258 g/mol. The molecule has 0 bridgehead atoms. The number of carbonyl (C=O) groups is 1. The van der Waals surface area contributed by atoms with Gasteiger partial charge in [-0.15, -0.1) is 0 Å². The van der Waals surface area contributed by atoms with E-state index in [0.717, 1.165) is 12.5 Å². The molecule has 0 unspecified atom stereocenters. The molecule has 6 nitrogen and oxygen atoms in total.